The van der Waals surface area contributed by atoms with Crippen LogP contribution in [0.3, 0.4) is 0 Å². The molecule has 9 nitrogen and oxygen atoms in total. The van der Waals surface area contributed by atoms with Crippen molar-refractivity contribution in [1.82, 2.24) is 14.7 Å². The van der Waals surface area contributed by atoms with Gasteiger partial charge in [0.15, 0.2) is 0 Å². The van der Waals surface area contributed by atoms with Gasteiger partial charge in [0.25, 0.3) is 6.47 Å². The van der Waals surface area contributed by atoms with Crippen LogP contribution < -0.4 is 10.1 Å². The summed E-state index contributed by atoms with van der Waals surface area (Å²) in [6.07, 6.45) is 1.99. The Morgan fingerprint density at radius 2 is 1.87 bits per heavy atom. The molecule has 10 heteroatoms. The van der Waals surface area contributed by atoms with Crippen LogP contribution in [0, 0.1) is 0 Å². The number of urea groups is 1. The van der Waals surface area contributed by atoms with Crippen molar-refractivity contribution in [1.29, 1.82) is 0 Å². The molecule has 1 aromatic rings. The molecule has 2 aliphatic heterocycles. The van der Waals surface area contributed by atoms with Gasteiger partial charge in [0, 0.05) is 57.5 Å². The van der Waals surface area contributed by atoms with Crippen LogP contribution in [0.15, 0.2) is 18.2 Å². The molecular weight excluding hydrogens is 412 g/mol. The number of ether oxygens (including phenoxy) is 1. The Hall–Kier alpha value is -2.07. The number of β-amino-alcohol motifs (C(OH)–C–C–N with tert-alkyl or cyclic N) is 1. The molecular formula is C20H31ClN4O5. The number of likely N-dealkylation sites (tertiary alicyclic amines) is 1. The predicted molar refractivity (Wildman–Crippen MR) is 115 cm³/mol. The van der Waals surface area contributed by atoms with Crippen LogP contribution in [0.2, 0.25) is 5.02 Å². The third kappa shape index (κ3) is 7.02. The maximum absolute atomic E-state index is 12.5. The Kier molecular flexibility index (Phi) is 10.2. The third-order valence-corrected chi connectivity index (χ3v) is 5.79. The highest BCUT2D eigenvalue weighted by Gasteiger charge is 2.29. The zero-order chi connectivity index (χ0) is 21.9. The normalized spacial score (nSPS) is 18.3. The lowest BCUT2D eigenvalue weighted by atomic mass is 10.0. The van der Waals surface area contributed by atoms with E-state index < -0.39 is 0 Å². The first-order valence-corrected chi connectivity index (χ1v) is 10.4. The van der Waals surface area contributed by atoms with E-state index >= 15 is 0 Å². The number of aliphatic hydroxyl groups excluding tert-OH is 1. The molecule has 3 N–H and O–H groups in total. The van der Waals surface area contributed by atoms with Crippen LogP contribution in [-0.4, -0.2) is 103 Å². The summed E-state index contributed by atoms with van der Waals surface area (Å²) in [7, 11) is 1.57. The van der Waals surface area contributed by atoms with Crippen LogP contribution in [0.25, 0.3) is 0 Å². The summed E-state index contributed by atoms with van der Waals surface area (Å²) >= 11 is 6.12. The van der Waals surface area contributed by atoms with Crippen molar-refractivity contribution in [2.75, 3.05) is 64.8 Å². The number of benzene rings is 1. The SMILES string of the molecule is COc1ccc(NC(=O)N2CCC(N3CCN(CCO)CC3)CC2)cc1Cl.O=CO. The van der Waals surface area contributed by atoms with Gasteiger partial charge in [-0.3, -0.25) is 14.6 Å². The van der Waals surface area contributed by atoms with Gasteiger partial charge in [-0.05, 0) is 31.0 Å². The van der Waals surface area contributed by atoms with E-state index in [0.717, 1.165) is 58.7 Å². The summed E-state index contributed by atoms with van der Waals surface area (Å²) in [5, 5.41) is 19.3. The molecule has 3 rings (SSSR count). The van der Waals surface area contributed by atoms with E-state index in [0.29, 0.717) is 22.5 Å². The number of halogens is 1. The second-order valence-corrected chi connectivity index (χ2v) is 7.61. The number of hydrogen-bond donors (Lipinski definition) is 3. The number of nitrogens with one attached hydrogen (secondary N) is 1. The van der Waals surface area contributed by atoms with E-state index in [9.17, 15) is 4.79 Å². The van der Waals surface area contributed by atoms with Crippen molar-refractivity contribution in [2.24, 2.45) is 0 Å². The molecule has 2 amide bonds. The van der Waals surface area contributed by atoms with Crippen LogP contribution >= 0.6 is 11.6 Å². The minimum Gasteiger partial charge on any atom is -0.495 e. The van der Waals surface area contributed by atoms with Crippen molar-refractivity contribution in [3.8, 4) is 5.75 Å². The van der Waals surface area contributed by atoms with Crippen molar-refractivity contribution >= 4 is 29.8 Å². The highest BCUT2D eigenvalue weighted by atomic mass is 35.5. The molecule has 1 aromatic carbocycles. The van der Waals surface area contributed by atoms with Gasteiger partial charge in [-0.25, -0.2) is 4.79 Å². The quantitative estimate of drug-likeness (QED) is 0.595. The number of carbonyl (C=O) groups is 2. The molecule has 0 aromatic heterocycles. The molecule has 0 atom stereocenters. The standard InChI is InChI=1S/C19H29ClN4O3.CH2O2/c1-27-18-3-2-15(14-17(18)20)21-19(26)24-6-4-16(5-7-24)23-10-8-22(9-11-23)12-13-25;2-1-3/h2-3,14,16,25H,4-13H2,1H3,(H,21,26);1H,(H,2,3). The van der Waals surface area contributed by atoms with Crippen molar-refractivity contribution in [2.45, 2.75) is 18.9 Å². The van der Waals surface area contributed by atoms with Crippen LogP contribution in [-0.2, 0) is 4.79 Å². The average Bonchev–Trinajstić information content (AvgIpc) is 2.75. The largest absolute Gasteiger partial charge is 0.495 e. The second-order valence-electron chi connectivity index (χ2n) is 7.20. The van der Waals surface area contributed by atoms with Crippen molar-refractivity contribution < 1.29 is 24.5 Å². The lowest BCUT2D eigenvalue weighted by molar-refractivity contribution is -0.122. The summed E-state index contributed by atoms with van der Waals surface area (Å²) in [4.78, 5) is 27.6. The van der Waals surface area contributed by atoms with Crippen LogP contribution in [0.4, 0.5) is 10.5 Å². The Morgan fingerprint density at radius 3 is 2.40 bits per heavy atom. The molecule has 2 aliphatic rings. The number of hydrogen-bond acceptors (Lipinski definition) is 6. The maximum Gasteiger partial charge on any atom is 0.321 e. The van der Waals surface area contributed by atoms with Crippen LogP contribution in [0.5, 0.6) is 5.75 Å². The van der Waals surface area contributed by atoms with Crippen LogP contribution in [0.1, 0.15) is 12.8 Å². The lowest BCUT2D eigenvalue weighted by Gasteiger charge is -2.42. The topological polar surface area (TPSA) is 106 Å². The number of rotatable bonds is 5. The summed E-state index contributed by atoms with van der Waals surface area (Å²) < 4.78 is 5.14. The number of carboxylic acid groups (broad SMARTS) is 1. The maximum atomic E-state index is 12.5. The molecule has 2 fully saturated rings. The molecule has 30 heavy (non-hydrogen) atoms. The average molecular weight is 443 g/mol. The minimum absolute atomic E-state index is 0.0811. The Labute approximate surface area is 182 Å². The molecule has 2 saturated heterocycles. The summed E-state index contributed by atoms with van der Waals surface area (Å²) in [6, 6.07) is 5.71. The van der Waals surface area contributed by atoms with E-state index in [1.807, 2.05) is 4.90 Å². The van der Waals surface area contributed by atoms with Gasteiger partial charge in [-0.15, -0.1) is 0 Å². The fourth-order valence-corrected chi connectivity index (χ4v) is 4.13. The fourth-order valence-electron chi connectivity index (χ4n) is 3.87. The molecule has 0 radical (unpaired) electrons. The fraction of sp³-hybridized carbons (Fsp3) is 0.600. The number of piperidine rings is 1. The van der Waals surface area contributed by atoms with Gasteiger partial charge in [-0.1, -0.05) is 11.6 Å². The van der Waals surface area contributed by atoms with Gasteiger partial charge in [0.1, 0.15) is 5.75 Å². The zero-order valence-electron chi connectivity index (χ0n) is 17.3. The zero-order valence-corrected chi connectivity index (χ0v) is 18.1. The minimum atomic E-state index is -0.250. The van der Waals surface area contributed by atoms with Gasteiger partial charge in [0.05, 0.1) is 18.7 Å². The third-order valence-electron chi connectivity index (χ3n) is 5.49. The van der Waals surface area contributed by atoms with Gasteiger partial charge < -0.3 is 25.2 Å². The Morgan fingerprint density at radius 1 is 1.23 bits per heavy atom. The number of piperazine rings is 1. The monoisotopic (exact) mass is 442 g/mol. The molecule has 0 saturated carbocycles. The molecule has 0 unspecified atom stereocenters. The summed E-state index contributed by atoms with van der Waals surface area (Å²) in [6.45, 7) is 6.38. The van der Waals surface area contributed by atoms with E-state index in [2.05, 4.69) is 15.1 Å². The molecule has 0 bridgehead atoms. The number of carbonyl (C=O) groups excluding carboxylic acids is 1. The lowest BCUT2D eigenvalue weighted by Crippen LogP contribution is -2.54. The Balaban J connectivity index is 0.00000101. The summed E-state index contributed by atoms with van der Waals surface area (Å²) in [5.41, 5.74) is 0.674. The highest BCUT2D eigenvalue weighted by molar-refractivity contribution is 6.32. The van der Waals surface area contributed by atoms with E-state index in [-0.39, 0.29) is 19.1 Å². The van der Waals surface area contributed by atoms with E-state index in [4.69, 9.17) is 31.3 Å². The van der Waals surface area contributed by atoms with Gasteiger partial charge >= 0.3 is 6.03 Å². The van der Waals surface area contributed by atoms with Crippen molar-refractivity contribution in [3.63, 3.8) is 0 Å². The first kappa shape index (κ1) is 24.2. The smallest absolute Gasteiger partial charge is 0.321 e. The second kappa shape index (κ2) is 12.6. The number of aliphatic hydroxyl groups is 1. The van der Waals surface area contributed by atoms with E-state index in [1.165, 1.54) is 0 Å². The predicted octanol–water partition coefficient (Wildman–Crippen LogP) is 1.66. The molecule has 0 spiro atoms. The number of methoxy groups -OCH3 is 1. The first-order chi connectivity index (χ1) is 14.5. The highest BCUT2D eigenvalue weighted by Crippen LogP contribution is 2.27. The first-order valence-electron chi connectivity index (χ1n) is 10.1. The van der Waals surface area contributed by atoms with E-state index in [1.54, 1.807) is 25.3 Å². The number of amides is 2. The molecule has 0 aliphatic carbocycles. The van der Waals surface area contributed by atoms with Gasteiger partial charge in [0.2, 0.25) is 0 Å². The number of nitrogens with zero attached hydrogens (tertiary/aromatic N) is 3. The molecule has 2 heterocycles. The molecule has 168 valence electrons. The number of anilines is 1. The Bertz CT molecular complexity index is 677. The van der Waals surface area contributed by atoms with Gasteiger partial charge in [-0.2, -0.15) is 0 Å². The summed E-state index contributed by atoms with van der Waals surface area (Å²) in [5.74, 6) is 0.592. The van der Waals surface area contributed by atoms with Crippen molar-refractivity contribution in [3.05, 3.63) is 23.2 Å².